The summed E-state index contributed by atoms with van der Waals surface area (Å²) in [4.78, 5) is 17.6. The van der Waals surface area contributed by atoms with Crippen molar-refractivity contribution < 1.29 is 32.3 Å². The SMILES string of the molecule is O=C(COc1ccc2c(c1)CCC/C2=N\OCc1ccc(C(F)(F)F)cc1)NCC1CCOCC1. The van der Waals surface area contributed by atoms with Gasteiger partial charge in [-0.3, -0.25) is 4.79 Å². The van der Waals surface area contributed by atoms with Gasteiger partial charge in [-0.15, -0.1) is 0 Å². The second kappa shape index (κ2) is 11.6. The third kappa shape index (κ3) is 7.21. The first kappa shape index (κ1) is 25.0. The van der Waals surface area contributed by atoms with Crippen molar-refractivity contribution in [2.45, 2.75) is 44.9 Å². The molecule has 2 aromatic carbocycles. The molecule has 2 aromatic rings. The summed E-state index contributed by atoms with van der Waals surface area (Å²) in [5, 5.41) is 7.17. The van der Waals surface area contributed by atoms with Crippen LogP contribution >= 0.6 is 0 Å². The number of alkyl halides is 3. The monoisotopic (exact) mass is 490 g/mol. The second-order valence-corrected chi connectivity index (χ2v) is 8.83. The summed E-state index contributed by atoms with van der Waals surface area (Å²) < 4.78 is 49.1. The topological polar surface area (TPSA) is 69.2 Å². The molecule has 0 spiro atoms. The molecule has 1 aliphatic heterocycles. The number of carbonyl (C=O) groups excluding carboxylic acids is 1. The van der Waals surface area contributed by atoms with E-state index < -0.39 is 11.7 Å². The van der Waals surface area contributed by atoms with Crippen molar-refractivity contribution in [3.63, 3.8) is 0 Å². The van der Waals surface area contributed by atoms with Crippen molar-refractivity contribution in [1.29, 1.82) is 0 Å². The molecule has 1 N–H and O–H groups in total. The third-order valence-electron chi connectivity index (χ3n) is 6.23. The van der Waals surface area contributed by atoms with E-state index in [1.807, 2.05) is 12.1 Å². The Labute approximate surface area is 202 Å². The molecule has 35 heavy (non-hydrogen) atoms. The first-order chi connectivity index (χ1) is 16.9. The normalized spacial score (nSPS) is 17.6. The maximum Gasteiger partial charge on any atom is 0.416 e. The van der Waals surface area contributed by atoms with Crippen LogP contribution in [-0.2, 0) is 33.6 Å². The largest absolute Gasteiger partial charge is 0.484 e. The summed E-state index contributed by atoms with van der Waals surface area (Å²) in [6, 6.07) is 10.5. The summed E-state index contributed by atoms with van der Waals surface area (Å²) in [5.74, 6) is 0.931. The molecule has 1 amide bonds. The minimum Gasteiger partial charge on any atom is -0.484 e. The average Bonchev–Trinajstić information content (AvgIpc) is 2.86. The lowest BCUT2D eigenvalue weighted by Crippen LogP contribution is -2.35. The fraction of sp³-hybridized carbons (Fsp3) is 0.462. The average molecular weight is 491 g/mol. The van der Waals surface area contributed by atoms with Crippen LogP contribution in [0.2, 0.25) is 0 Å². The summed E-state index contributed by atoms with van der Waals surface area (Å²) in [6.45, 7) is 2.18. The molecule has 1 aliphatic carbocycles. The number of fused-ring (bicyclic) bond motifs is 1. The highest BCUT2D eigenvalue weighted by Gasteiger charge is 2.30. The van der Waals surface area contributed by atoms with Crippen LogP contribution in [0.25, 0.3) is 0 Å². The van der Waals surface area contributed by atoms with Crippen molar-refractivity contribution in [1.82, 2.24) is 5.32 Å². The van der Waals surface area contributed by atoms with Gasteiger partial charge in [0.15, 0.2) is 6.61 Å². The molecule has 6 nitrogen and oxygen atoms in total. The summed E-state index contributed by atoms with van der Waals surface area (Å²) in [5.41, 5.74) is 2.73. The van der Waals surface area contributed by atoms with E-state index in [0.29, 0.717) is 23.8 Å². The molecular formula is C26H29F3N2O4. The summed E-state index contributed by atoms with van der Waals surface area (Å²) >= 11 is 0. The predicted octanol–water partition coefficient (Wildman–Crippen LogP) is 4.88. The summed E-state index contributed by atoms with van der Waals surface area (Å²) in [6.07, 6.45) is 0.0656. The number of ether oxygens (including phenoxy) is 2. The predicted molar refractivity (Wildman–Crippen MR) is 124 cm³/mol. The van der Waals surface area contributed by atoms with Gasteiger partial charge in [0.1, 0.15) is 12.4 Å². The van der Waals surface area contributed by atoms with Gasteiger partial charge in [0.05, 0.1) is 11.3 Å². The number of aryl methyl sites for hydroxylation is 1. The number of benzene rings is 2. The van der Waals surface area contributed by atoms with Gasteiger partial charge in [-0.25, -0.2) is 0 Å². The zero-order valence-corrected chi connectivity index (χ0v) is 19.4. The first-order valence-electron chi connectivity index (χ1n) is 11.8. The number of amides is 1. The number of carbonyl (C=O) groups is 1. The van der Waals surface area contributed by atoms with Crippen molar-refractivity contribution in [2.75, 3.05) is 26.4 Å². The Hall–Kier alpha value is -3.07. The lowest BCUT2D eigenvalue weighted by molar-refractivity contribution is -0.137. The van der Waals surface area contributed by atoms with E-state index in [0.717, 1.165) is 74.3 Å². The van der Waals surface area contributed by atoms with Crippen molar-refractivity contribution in [3.05, 3.63) is 64.7 Å². The zero-order chi connectivity index (χ0) is 24.7. The maximum atomic E-state index is 12.7. The van der Waals surface area contributed by atoms with Gasteiger partial charge < -0.3 is 19.6 Å². The highest BCUT2D eigenvalue weighted by Crippen LogP contribution is 2.29. The van der Waals surface area contributed by atoms with Crippen LogP contribution in [0.1, 0.15) is 47.9 Å². The van der Waals surface area contributed by atoms with E-state index in [1.165, 1.54) is 12.1 Å². The van der Waals surface area contributed by atoms with Crippen LogP contribution < -0.4 is 10.1 Å². The quantitative estimate of drug-likeness (QED) is 0.536. The number of hydrogen-bond acceptors (Lipinski definition) is 5. The number of rotatable bonds is 8. The molecule has 0 bridgehead atoms. The molecule has 9 heteroatoms. The second-order valence-electron chi connectivity index (χ2n) is 8.83. The smallest absolute Gasteiger partial charge is 0.416 e. The standard InChI is InChI=1S/C26H29F3N2O4/c27-26(28,29)21-6-4-19(5-7-21)16-35-31-24-3-1-2-20-14-22(8-9-23(20)24)34-17-25(32)30-15-18-10-12-33-13-11-18/h4-9,14,18H,1-3,10-13,15-17H2,(H,30,32)/b31-24+. The van der Waals surface area contributed by atoms with Crippen LogP contribution in [0.4, 0.5) is 13.2 Å². The Morgan fingerprint density at radius 3 is 2.60 bits per heavy atom. The van der Waals surface area contributed by atoms with Crippen molar-refractivity contribution >= 4 is 11.6 Å². The van der Waals surface area contributed by atoms with E-state index in [2.05, 4.69) is 10.5 Å². The van der Waals surface area contributed by atoms with E-state index in [1.54, 1.807) is 6.07 Å². The molecule has 1 heterocycles. The van der Waals surface area contributed by atoms with Crippen LogP contribution in [0.3, 0.4) is 0 Å². The van der Waals surface area contributed by atoms with Gasteiger partial charge in [0.2, 0.25) is 0 Å². The Morgan fingerprint density at radius 2 is 1.86 bits per heavy atom. The van der Waals surface area contributed by atoms with Gasteiger partial charge >= 0.3 is 6.18 Å². The molecule has 0 atom stereocenters. The maximum absolute atomic E-state index is 12.7. The molecule has 1 fully saturated rings. The highest BCUT2D eigenvalue weighted by molar-refractivity contribution is 6.02. The van der Waals surface area contributed by atoms with Crippen LogP contribution in [-0.4, -0.2) is 38.0 Å². The van der Waals surface area contributed by atoms with E-state index >= 15 is 0 Å². The Morgan fingerprint density at radius 1 is 1.09 bits per heavy atom. The zero-order valence-electron chi connectivity index (χ0n) is 19.4. The van der Waals surface area contributed by atoms with E-state index in [-0.39, 0.29) is 19.1 Å². The Kier molecular flexibility index (Phi) is 8.28. The molecule has 0 radical (unpaired) electrons. The van der Waals surface area contributed by atoms with Crippen LogP contribution in [0, 0.1) is 5.92 Å². The molecule has 1 saturated heterocycles. The lowest BCUT2D eigenvalue weighted by Gasteiger charge is -2.22. The first-order valence-corrected chi connectivity index (χ1v) is 11.8. The van der Waals surface area contributed by atoms with Gasteiger partial charge in [-0.1, -0.05) is 17.3 Å². The molecule has 0 unspecified atom stereocenters. The minimum absolute atomic E-state index is 0.0425. The highest BCUT2D eigenvalue weighted by atomic mass is 19.4. The van der Waals surface area contributed by atoms with Crippen molar-refractivity contribution in [2.24, 2.45) is 11.1 Å². The number of nitrogens with one attached hydrogen (secondary N) is 1. The van der Waals surface area contributed by atoms with E-state index in [9.17, 15) is 18.0 Å². The Bertz CT molecular complexity index is 1030. The van der Waals surface area contributed by atoms with E-state index in [4.69, 9.17) is 14.3 Å². The minimum atomic E-state index is -4.36. The Balaban J connectivity index is 1.28. The van der Waals surface area contributed by atoms with Gasteiger partial charge in [-0.2, -0.15) is 13.2 Å². The number of oxime groups is 1. The molecule has 188 valence electrons. The fourth-order valence-corrected chi connectivity index (χ4v) is 4.21. The molecule has 4 rings (SSSR count). The van der Waals surface area contributed by atoms with Gasteiger partial charge in [0.25, 0.3) is 5.91 Å². The van der Waals surface area contributed by atoms with Gasteiger partial charge in [-0.05, 0) is 79.5 Å². The van der Waals surface area contributed by atoms with Crippen LogP contribution in [0.15, 0.2) is 47.6 Å². The lowest BCUT2D eigenvalue weighted by atomic mass is 9.90. The fourth-order valence-electron chi connectivity index (χ4n) is 4.21. The molecule has 2 aliphatic rings. The molecule has 0 saturated carbocycles. The third-order valence-corrected chi connectivity index (χ3v) is 6.23. The molecule has 0 aromatic heterocycles. The number of nitrogens with zero attached hydrogens (tertiary/aromatic N) is 1. The summed E-state index contributed by atoms with van der Waals surface area (Å²) in [7, 11) is 0. The van der Waals surface area contributed by atoms with Crippen LogP contribution in [0.5, 0.6) is 5.75 Å². The molecular weight excluding hydrogens is 461 g/mol. The number of hydrogen-bond donors (Lipinski definition) is 1. The van der Waals surface area contributed by atoms with Gasteiger partial charge in [0, 0.05) is 25.3 Å². The van der Waals surface area contributed by atoms with Crippen molar-refractivity contribution in [3.8, 4) is 5.75 Å². The number of halogens is 3.